The highest BCUT2D eigenvalue weighted by atomic mass is 28.4. The zero-order chi connectivity index (χ0) is 16.0. The third-order valence-corrected chi connectivity index (χ3v) is 6.88. The molecule has 1 unspecified atom stereocenters. The van der Waals surface area contributed by atoms with E-state index in [1.54, 1.807) is 6.92 Å². The molecule has 0 saturated carbocycles. The van der Waals surface area contributed by atoms with Crippen LogP contribution in [0.25, 0.3) is 0 Å². The van der Waals surface area contributed by atoms with Crippen molar-refractivity contribution in [3.8, 4) is 0 Å². The van der Waals surface area contributed by atoms with Crippen LogP contribution in [0.15, 0.2) is 12.2 Å². The van der Waals surface area contributed by atoms with Crippen LogP contribution in [0, 0.1) is 0 Å². The summed E-state index contributed by atoms with van der Waals surface area (Å²) >= 11 is 0. The average Bonchev–Trinajstić information content (AvgIpc) is 2.43. The van der Waals surface area contributed by atoms with Crippen molar-refractivity contribution in [1.82, 2.24) is 4.90 Å². The standard InChI is InChI=1S/C15H27NO5Si/c1-4-14-12-16-6-9-19-22(21-14,20-10-7-16)11-5-8-18-15(17)13(2)3/h14H,2,4-12H2,1,3H3. The lowest BCUT2D eigenvalue weighted by molar-refractivity contribution is -0.139. The molecule has 3 fully saturated rings. The van der Waals surface area contributed by atoms with E-state index in [0.717, 1.165) is 26.1 Å². The molecule has 3 aliphatic heterocycles. The molecule has 22 heavy (non-hydrogen) atoms. The summed E-state index contributed by atoms with van der Waals surface area (Å²) in [6.07, 6.45) is 1.79. The van der Waals surface area contributed by atoms with E-state index in [9.17, 15) is 4.79 Å². The Bertz CT molecular complexity index is 393. The van der Waals surface area contributed by atoms with Crippen molar-refractivity contribution in [1.29, 1.82) is 0 Å². The van der Waals surface area contributed by atoms with E-state index < -0.39 is 8.80 Å². The molecule has 0 aromatic heterocycles. The van der Waals surface area contributed by atoms with Crippen molar-refractivity contribution in [2.24, 2.45) is 0 Å². The smallest absolute Gasteiger partial charge is 0.462 e. The maximum Gasteiger partial charge on any atom is 0.501 e. The van der Waals surface area contributed by atoms with Crippen molar-refractivity contribution < 1.29 is 22.8 Å². The highest BCUT2D eigenvalue weighted by molar-refractivity contribution is 6.60. The van der Waals surface area contributed by atoms with Crippen LogP contribution < -0.4 is 0 Å². The van der Waals surface area contributed by atoms with E-state index in [2.05, 4.69) is 18.4 Å². The van der Waals surface area contributed by atoms with Crippen molar-refractivity contribution in [3.05, 3.63) is 12.2 Å². The molecule has 0 spiro atoms. The summed E-state index contributed by atoms with van der Waals surface area (Å²) in [5.41, 5.74) is 0.419. The van der Waals surface area contributed by atoms with Crippen LogP contribution in [-0.4, -0.2) is 65.2 Å². The van der Waals surface area contributed by atoms with Gasteiger partial charge in [0, 0.05) is 31.3 Å². The maximum atomic E-state index is 11.4. The van der Waals surface area contributed by atoms with E-state index >= 15 is 0 Å². The molecule has 3 heterocycles. The Balaban J connectivity index is 1.89. The molecule has 0 aliphatic carbocycles. The van der Waals surface area contributed by atoms with Gasteiger partial charge in [0.15, 0.2) is 0 Å². The Labute approximate surface area is 133 Å². The Hall–Kier alpha value is -0.733. The van der Waals surface area contributed by atoms with Gasteiger partial charge in [0.25, 0.3) is 0 Å². The SMILES string of the molecule is C=C(C)C(=O)OCCC[Si]12OCCN(CCO1)CC(CC)O2. The molecule has 7 heteroatoms. The van der Waals surface area contributed by atoms with E-state index in [-0.39, 0.29) is 12.1 Å². The Kier molecular flexibility index (Phi) is 6.58. The molecular weight excluding hydrogens is 302 g/mol. The van der Waals surface area contributed by atoms with Gasteiger partial charge < -0.3 is 18.0 Å². The predicted octanol–water partition coefficient (Wildman–Crippen LogP) is 1.59. The van der Waals surface area contributed by atoms with Crippen molar-refractivity contribution in [3.63, 3.8) is 0 Å². The van der Waals surface area contributed by atoms with E-state index in [1.807, 2.05) is 0 Å². The van der Waals surface area contributed by atoms with Gasteiger partial charge in [-0.25, -0.2) is 4.79 Å². The number of hydrogen-bond acceptors (Lipinski definition) is 6. The summed E-state index contributed by atoms with van der Waals surface area (Å²) in [5, 5.41) is 0. The second kappa shape index (κ2) is 8.21. The molecule has 3 aliphatic rings. The zero-order valence-corrected chi connectivity index (χ0v) is 14.6. The van der Waals surface area contributed by atoms with Crippen LogP contribution in [0.4, 0.5) is 0 Å². The lowest BCUT2D eigenvalue weighted by Gasteiger charge is -2.41. The van der Waals surface area contributed by atoms with Crippen LogP contribution >= 0.6 is 0 Å². The van der Waals surface area contributed by atoms with Gasteiger partial charge in [-0.2, -0.15) is 0 Å². The highest BCUT2D eigenvalue weighted by Gasteiger charge is 2.45. The minimum absolute atomic E-state index is 0.158. The number of esters is 1. The number of fused-ring (bicyclic) bond motifs is 6. The second-order valence-electron chi connectivity index (χ2n) is 5.85. The summed E-state index contributed by atoms with van der Waals surface area (Å²) in [5.74, 6) is -0.348. The first-order valence-electron chi connectivity index (χ1n) is 8.05. The Morgan fingerprint density at radius 3 is 2.64 bits per heavy atom. The first kappa shape index (κ1) is 17.6. The molecule has 3 rings (SSSR count). The van der Waals surface area contributed by atoms with Gasteiger partial charge in [0.2, 0.25) is 0 Å². The number of ether oxygens (including phenoxy) is 1. The topological polar surface area (TPSA) is 57.2 Å². The number of nitrogens with zero attached hydrogens (tertiary/aromatic N) is 1. The lowest BCUT2D eigenvalue weighted by atomic mass is 10.2. The molecule has 1 atom stereocenters. The fourth-order valence-corrected chi connectivity index (χ4v) is 5.39. The summed E-state index contributed by atoms with van der Waals surface area (Å²) in [6.45, 7) is 11.8. The molecule has 0 amide bonds. The summed E-state index contributed by atoms with van der Waals surface area (Å²) in [4.78, 5) is 13.7. The fourth-order valence-electron chi connectivity index (χ4n) is 2.64. The quantitative estimate of drug-likeness (QED) is 0.319. The predicted molar refractivity (Wildman–Crippen MR) is 84.5 cm³/mol. The molecule has 0 aromatic rings. The first-order chi connectivity index (χ1) is 10.5. The van der Waals surface area contributed by atoms with Gasteiger partial charge in [-0.3, -0.25) is 4.90 Å². The molecule has 6 nitrogen and oxygen atoms in total. The Morgan fingerprint density at radius 1 is 1.36 bits per heavy atom. The van der Waals surface area contributed by atoms with E-state index in [1.165, 1.54) is 0 Å². The summed E-state index contributed by atoms with van der Waals surface area (Å²) in [7, 11) is -2.65. The van der Waals surface area contributed by atoms with Crippen LogP contribution in [0.3, 0.4) is 0 Å². The van der Waals surface area contributed by atoms with E-state index in [4.69, 9.17) is 18.0 Å². The second-order valence-corrected chi connectivity index (χ2v) is 8.53. The minimum Gasteiger partial charge on any atom is -0.462 e. The van der Waals surface area contributed by atoms with Crippen LogP contribution in [-0.2, 0) is 22.8 Å². The molecule has 0 radical (unpaired) electrons. The Morgan fingerprint density at radius 2 is 2.05 bits per heavy atom. The van der Waals surface area contributed by atoms with Crippen LogP contribution in [0.5, 0.6) is 0 Å². The normalized spacial score (nSPS) is 31.9. The summed E-state index contributed by atoms with van der Waals surface area (Å²) in [6, 6.07) is 0.687. The van der Waals surface area contributed by atoms with Gasteiger partial charge in [-0.15, -0.1) is 0 Å². The third kappa shape index (κ3) is 4.89. The van der Waals surface area contributed by atoms with Gasteiger partial charge in [-0.1, -0.05) is 13.5 Å². The molecule has 0 N–H and O–H groups in total. The molecule has 126 valence electrons. The van der Waals surface area contributed by atoms with Gasteiger partial charge in [0.1, 0.15) is 0 Å². The molecule has 3 saturated heterocycles. The highest BCUT2D eigenvalue weighted by Crippen LogP contribution is 2.25. The summed E-state index contributed by atoms with van der Waals surface area (Å²) < 4.78 is 23.4. The molecule has 0 aromatic carbocycles. The van der Waals surface area contributed by atoms with E-state index in [0.29, 0.717) is 37.9 Å². The monoisotopic (exact) mass is 329 g/mol. The number of carbonyl (C=O) groups excluding carboxylic acids is 1. The van der Waals surface area contributed by atoms with Gasteiger partial charge in [0.05, 0.1) is 25.9 Å². The van der Waals surface area contributed by atoms with Crippen molar-refractivity contribution in [2.45, 2.75) is 38.8 Å². The van der Waals surface area contributed by atoms with Crippen molar-refractivity contribution >= 4 is 14.8 Å². The largest absolute Gasteiger partial charge is 0.501 e. The van der Waals surface area contributed by atoms with Crippen LogP contribution in [0.1, 0.15) is 26.7 Å². The molecular formula is C15H27NO5Si. The minimum atomic E-state index is -2.65. The zero-order valence-electron chi connectivity index (χ0n) is 13.6. The van der Waals surface area contributed by atoms with Crippen molar-refractivity contribution in [2.75, 3.05) is 39.5 Å². The fraction of sp³-hybridized carbons (Fsp3) is 0.800. The maximum absolute atomic E-state index is 11.4. The number of hydrogen-bond donors (Lipinski definition) is 0. The molecule has 2 bridgehead atoms. The van der Waals surface area contributed by atoms with Crippen LogP contribution in [0.2, 0.25) is 6.04 Å². The van der Waals surface area contributed by atoms with Gasteiger partial charge in [-0.05, 0) is 19.8 Å². The third-order valence-electron chi connectivity index (χ3n) is 3.93. The first-order valence-corrected chi connectivity index (χ1v) is 9.98. The number of rotatable bonds is 6. The lowest BCUT2D eigenvalue weighted by Crippen LogP contribution is -2.57. The van der Waals surface area contributed by atoms with Gasteiger partial charge >= 0.3 is 14.8 Å². The number of carbonyl (C=O) groups is 1. The average molecular weight is 329 g/mol.